The maximum atomic E-state index is 12.3. The van der Waals surface area contributed by atoms with Gasteiger partial charge >= 0.3 is 5.97 Å². The molecule has 0 saturated heterocycles. The Hall–Kier alpha value is -1.47. The molecule has 2 unspecified atom stereocenters. The summed E-state index contributed by atoms with van der Waals surface area (Å²) in [6.45, 7) is 1.60. The van der Waals surface area contributed by atoms with Crippen molar-refractivity contribution in [3.8, 4) is 0 Å². The number of aromatic nitrogens is 1. The van der Waals surface area contributed by atoms with Crippen molar-refractivity contribution < 1.29 is 18.3 Å². The number of pyridine rings is 1. The summed E-state index contributed by atoms with van der Waals surface area (Å²) in [6, 6.07) is 2.38. The number of carboxylic acids is 1. The zero-order valence-electron chi connectivity index (χ0n) is 11.2. The van der Waals surface area contributed by atoms with Crippen LogP contribution < -0.4 is 4.72 Å². The average molecular weight is 298 g/mol. The van der Waals surface area contributed by atoms with E-state index in [1.54, 1.807) is 6.92 Å². The Morgan fingerprint density at radius 2 is 2.25 bits per heavy atom. The molecule has 1 fully saturated rings. The molecule has 110 valence electrons. The number of hydrogen-bond donors (Lipinski definition) is 2. The second-order valence-corrected chi connectivity index (χ2v) is 7.04. The topological polar surface area (TPSA) is 96.4 Å². The van der Waals surface area contributed by atoms with E-state index in [2.05, 4.69) is 9.71 Å². The van der Waals surface area contributed by atoms with Crippen molar-refractivity contribution in [3.05, 3.63) is 24.5 Å². The van der Waals surface area contributed by atoms with Gasteiger partial charge in [-0.25, -0.2) is 13.1 Å². The van der Waals surface area contributed by atoms with Gasteiger partial charge in [-0.3, -0.25) is 9.78 Å². The molecule has 1 heterocycles. The van der Waals surface area contributed by atoms with Crippen LogP contribution in [0.15, 0.2) is 29.4 Å². The van der Waals surface area contributed by atoms with Gasteiger partial charge in [0.2, 0.25) is 10.0 Å². The lowest BCUT2D eigenvalue weighted by Gasteiger charge is -2.38. The number of aliphatic carboxylic acids is 1. The Bertz CT molecular complexity index is 588. The highest BCUT2D eigenvalue weighted by molar-refractivity contribution is 7.89. The summed E-state index contributed by atoms with van der Waals surface area (Å²) in [7, 11) is -3.74. The molecule has 7 heteroatoms. The van der Waals surface area contributed by atoms with Gasteiger partial charge in [0.15, 0.2) is 0 Å². The molecule has 1 aromatic rings. The standard InChI is InChI=1S/C13H18N2O4S/c1-13(12(16)17)7-3-2-6-11(13)15-20(18,19)10-5-4-8-14-9-10/h4-5,8-9,11,15H,2-3,6-7H2,1H3,(H,16,17). The van der Waals surface area contributed by atoms with Gasteiger partial charge < -0.3 is 5.11 Å². The van der Waals surface area contributed by atoms with Gasteiger partial charge in [-0.05, 0) is 31.9 Å². The van der Waals surface area contributed by atoms with Crippen LogP contribution in [0.25, 0.3) is 0 Å². The number of carbonyl (C=O) groups is 1. The fourth-order valence-electron chi connectivity index (χ4n) is 2.54. The molecule has 2 atom stereocenters. The monoisotopic (exact) mass is 298 g/mol. The lowest BCUT2D eigenvalue weighted by Crippen LogP contribution is -2.52. The molecule has 0 aliphatic heterocycles. The maximum Gasteiger partial charge on any atom is 0.310 e. The molecule has 2 rings (SSSR count). The van der Waals surface area contributed by atoms with Crippen molar-refractivity contribution in [3.63, 3.8) is 0 Å². The smallest absolute Gasteiger partial charge is 0.310 e. The molecule has 1 aliphatic rings. The Morgan fingerprint density at radius 1 is 1.50 bits per heavy atom. The molecule has 1 saturated carbocycles. The molecule has 0 aromatic carbocycles. The normalized spacial score (nSPS) is 27.1. The van der Waals surface area contributed by atoms with Gasteiger partial charge in [-0.15, -0.1) is 0 Å². The molecule has 20 heavy (non-hydrogen) atoms. The SMILES string of the molecule is CC1(C(=O)O)CCCCC1NS(=O)(=O)c1cccnc1. The molecule has 0 bridgehead atoms. The number of hydrogen-bond acceptors (Lipinski definition) is 4. The summed E-state index contributed by atoms with van der Waals surface area (Å²) in [4.78, 5) is 15.3. The van der Waals surface area contributed by atoms with E-state index in [1.807, 2.05) is 0 Å². The largest absolute Gasteiger partial charge is 0.481 e. The Kier molecular flexibility index (Phi) is 4.10. The fourth-order valence-corrected chi connectivity index (χ4v) is 3.89. The Labute approximate surface area is 118 Å². The van der Waals surface area contributed by atoms with Gasteiger partial charge in [0, 0.05) is 18.4 Å². The first kappa shape index (κ1) is 14.9. The second-order valence-electron chi connectivity index (χ2n) is 5.33. The van der Waals surface area contributed by atoms with E-state index in [1.165, 1.54) is 24.5 Å². The van der Waals surface area contributed by atoms with Crippen molar-refractivity contribution in [2.24, 2.45) is 5.41 Å². The highest BCUT2D eigenvalue weighted by Crippen LogP contribution is 2.37. The third-order valence-electron chi connectivity index (χ3n) is 3.94. The van der Waals surface area contributed by atoms with Crippen molar-refractivity contribution in [1.82, 2.24) is 9.71 Å². The highest BCUT2D eigenvalue weighted by Gasteiger charge is 2.44. The number of carboxylic acid groups (broad SMARTS) is 1. The van der Waals surface area contributed by atoms with E-state index in [-0.39, 0.29) is 4.90 Å². The Balaban J connectivity index is 2.26. The van der Waals surface area contributed by atoms with Crippen molar-refractivity contribution in [2.75, 3.05) is 0 Å². The molecular formula is C13H18N2O4S. The quantitative estimate of drug-likeness (QED) is 0.875. The van der Waals surface area contributed by atoms with Crippen LogP contribution in [-0.2, 0) is 14.8 Å². The van der Waals surface area contributed by atoms with Crippen LogP contribution >= 0.6 is 0 Å². The van der Waals surface area contributed by atoms with Crippen LogP contribution in [0.4, 0.5) is 0 Å². The van der Waals surface area contributed by atoms with Gasteiger partial charge in [-0.1, -0.05) is 12.8 Å². The minimum Gasteiger partial charge on any atom is -0.481 e. The first-order valence-electron chi connectivity index (χ1n) is 6.52. The lowest BCUT2D eigenvalue weighted by atomic mass is 9.72. The molecule has 2 N–H and O–H groups in total. The molecule has 6 nitrogen and oxygen atoms in total. The van der Waals surface area contributed by atoms with Gasteiger partial charge in [0.1, 0.15) is 4.90 Å². The predicted octanol–water partition coefficient (Wildman–Crippen LogP) is 1.39. The molecule has 0 radical (unpaired) electrons. The number of nitrogens with zero attached hydrogens (tertiary/aromatic N) is 1. The van der Waals surface area contributed by atoms with Crippen molar-refractivity contribution in [2.45, 2.75) is 43.5 Å². The van der Waals surface area contributed by atoms with Crippen LogP contribution in [-0.4, -0.2) is 30.5 Å². The summed E-state index contributed by atoms with van der Waals surface area (Å²) in [5.41, 5.74) is -1.06. The molecule has 1 aromatic heterocycles. The number of nitrogens with one attached hydrogen (secondary N) is 1. The van der Waals surface area contributed by atoms with Crippen LogP contribution in [0.2, 0.25) is 0 Å². The Morgan fingerprint density at radius 3 is 2.85 bits per heavy atom. The molecule has 1 aliphatic carbocycles. The van der Waals surface area contributed by atoms with Gasteiger partial charge in [0.05, 0.1) is 5.41 Å². The second kappa shape index (κ2) is 5.49. The van der Waals surface area contributed by atoms with E-state index in [0.717, 1.165) is 12.8 Å². The molecule has 0 spiro atoms. The summed E-state index contributed by atoms with van der Waals surface area (Å²) in [6.07, 6.45) is 5.37. The minimum atomic E-state index is -3.74. The summed E-state index contributed by atoms with van der Waals surface area (Å²) >= 11 is 0. The van der Waals surface area contributed by atoms with Crippen LogP contribution in [0.3, 0.4) is 0 Å². The molecule has 0 amide bonds. The zero-order valence-corrected chi connectivity index (χ0v) is 12.1. The van der Waals surface area contributed by atoms with Crippen LogP contribution in [0.1, 0.15) is 32.6 Å². The lowest BCUT2D eigenvalue weighted by molar-refractivity contribution is -0.151. The average Bonchev–Trinajstić information content (AvgIpc) is 2.42. The third-order valence-corrected chi connectivity index (χ3v) is 5.40. The van der Waals surface area contributed by atoms with E-state index >= 15 is 0 Å². The first-order chi connectivity index (χ1) is 9.36. The van der Waals surface area contributed by atoms with E-state index in [9.17, 15) is 18.3 Å². The molecular weight excluding hydrogens is 280 g/mol. The third kappa shape index (κ3) is 2.83. The fraction of sp³-hybridized carbons (Fsp3) is 0.538. The minimum absolute atomic E-state index is 0.0540. The van der Waals surface area contributed by atoms with Crippen molar-refractivity contribution >= 4 is 16.0 Å². The summed E-state index contributed by atoms with van der Waals surface area (Å²) in [5.74, 6) is -0.962. The van der Waals surface area contributed by atoms with E-state index in [0.29, 0.717) is 12.8 Å². The summed E-state index contributed by atoms with van der Waals surface area (Å²) < 4.78 is 27.1. The van der Waals surface area contributed by atoms with Crippen LogP contribution in [0, 0.1) is 5.41 Å². The summed E-state index contributed by atoms with van der Waals surface area (Å²) in [5, 5.41) is 9.39. The zero-order chi connectivity index (χ0) is 14.8. The number of sulfonamides is 1. The maximum absolute atomic E-state index is 12.3. The van der Waals surface area contributed by atoms with Crippen molar-refractivity contribution in [1.29, 1.82) is 0 Å². The predicted molar refractivity (Wildman–Crippen MR) is 72.6 cm³/mol. The van der Waals surface area contributed by atoms with E-state index in [4.69, 9.17) is 0 Å². The van der Waals surface area contributed by atoms with Crippen LogP contribution in [0.5, 0.6) is 0 Å². The van der Waals surface area contributed by atoms with E-state index < -0.39 is 27.4 Å². The highest BCUT2D eigenvalue weighted by atomic mass is 32.2. The van der Waals surface area contributed by atoms with Gasteiger partial charge in [-0.2, -0.15) is 0 Å². The number of rotatable bonds is 4. The first-order valence-corrected chi connectivity index (χ1v) is 8.00. The van der Waals surface area contributed by atoms with Gasteiger partial charge in [0.25, 0.3) is 0 Å².